The van der Waals surface area contributed by atoms with Crippen molar-refractivity contribution in [2.75, 3.05) is 24.7 Å². The fourth-order valence-corrected chi connectivity index (χ4v) is 7.25. The Morgan fingerprint density at radius 3 is 2.62 bits per heavy atom. The topological polar surface area (TPSA) is 96.4 Å². The molecule has 1 spiro atoms. The molecule has 9 heteroatoms. The molecule has 218 valence electrons. The van der Waals surface area contributed by atoms with Crippen LogP contribution in [0.25, 0.3) is 0 Å². The van der Waals surface area contributed by atoms with Crippen LogP contribution >= 0.6 is 11.6 Å². The van der Waals surface area contributed by atoms with E-state index in [1.807, 2.05) is 19.9 Å². The minimum absolute atomic E-state index is 0.160. The minimum atomic E-state index is -1.22. The average Bonchev–Trinajstić information content (AvgIpc) is 3.56. The van der Waals surface area contributed by atoms with Crippen LogP contribution in [0.4, 0.5) is 5.69 Å². The van der Waals surface area contributed by atoms with Crippen molar-refractivity contribution in [3.63, 3.8) is 0 Å². The zero-order valence-corrected chi connectivity index (χ0v) is 24.3. The summed E-state index contributed by atoms with van der Waals surface area (Å²) >= 11 is 6.52. The summed E-state index contributed by atoms with van der Waals surface area (Å²) in [7, 11) is 0. The molecule has 3 aliphatic rings. The van der Waals surface area contributed by atoms with Crippen molar-refractivity contribution >= 4 is 35.1 Å². The number of halogens is 1. The standard InChI is InChI=1S/C31H41ClN2O6/c1-5-9-10-13-19-39-29(38)25-24-27(36)34(21(7-3)20-35)26(31(24)17-16-30(25,8-4)40-31)28(37)33(18-6-2)23-15-12-11-14-22(23)32/h5-6,11-12,14-15,21,24-26,35H,1-2,7-10,13,16-20H2,3-4H3/t21-,24-,25-,26?,30+,31?/m0/s1. The summed E-state index contributed by atoms with van der Waals surface area (Å²) in [6, 6.07) is 5.35. The Labute approximate surface area is 241 Å². The van der Waals surface area contributed by atoms with Gasteiger partial charge in [0.2, 0.25) is 5.91 Å². The van der Waals surface area contributed by atoms with Crippen molar-refractivity contribution in [2.24, 2.45) is 11.8 Å². The van der Waals surface area contributed by atoms with Crippen LogP contribution in [0, 0.1) is 11.8 Å². The summed E-state index contributed by atoms with van der Waals surface area (Å²) in [5.41, 5.74) is -1.62. The maximum Gasteiger partial charge on any atom is 0.312 e. The third-order valence-corrected chi connectivity index (χ3v) is 9.27. The first-order valence-corrected chi connectivity index (χ1v) is 14.7. The lowest BCUT2D eigenvalue weighted by Gasteiger charge is -2.39. The van der Waals surface area contributed by atoms with Crippen LogP contribution in [0.1, 0.15) is 58.8 Å². The van der Waals surface area contributed by atoms with Gasteiger partial charge in [0.15, 0.2) is 0 Å². The number of anilines is 1. The number of amides is 2. The number of nitrogens with zero attached hydrogens (tertiary/aromatic N) is 2. The molecule has 8 nitrogen and oxygen atoms in total. The highest BCUT2D eigenvalue weighted by molar-refractivity contribution is 6.34. The molecule has 2 bridgehead atoms. The monoisotopic (exact) mass is 572 g/mol. The van der Waals surface area contributed by atoms with Crippen molar-refractivity contribution in [3.8, 4) is 0 Å². The van der Waals surface area contributed by atoms with Crippen LogP contribution in [-0.4, -0.2) is 70.8 Å². The van der Waals surface area contributed by atoms with Gasteiger partial charge in [0.05, 0.1) is 41.5 Å². The molecule has 1 N–H and O–H groups in total. The highest BCUT2D eigenvalue weighted by atomic mass is 35.5. The lowest BCUT2D eigenvalue weighted by atomic mass is 9.65. The molecule has 3 fully saturated rings. The largest absolute Gasteiger partial charge is 0.465 e. The van der Waals surface area contributed by atoms with Crippen LogP contribution in [-0.2, 0) is 23.9 Å². The van der Waals surface area contributed by atoms with Gasteiger partial charge in [0.1, 0.15) is 17.6 Å². The van der Waals surface area contributed by atoms with E-state index in [-0.39, 0.29) is 31.6 Å². The molecule has 3 saturated heterocycles. The Morgan fingerprint density at radius 1 is 1.25 bits per heavy atom. The van der Waals surface area contributed by atoms with Crippen LogP contribution in [0.2, 0.25) is 5.02 Å². The van der Waals surface area contributed by atoms with E-state index < -0.39 is 41.1 Å². The van der Waals surface area contributed by atoms with Crippen LogP contribution in [0.15, 0.2) is 49.6 Å². The van der Waals surface area contributed by atoms with Crippen LogP contribution in [0.5, 0.6) is 0 Å². The molecule has 40 heavy (non-hydrogen) atoms. The molecule has 2 amide bonds. The number of rotatable bonds is 14. The van der Waals surface area contributed by atoms with Crippen LogP contribution < -0.4 is 4.90 Å². The first-order valence-electron chi connectivity index (χ1n) is 14.3. The number of carbonyl (C=O) groups excluding carboxylic acids is 3. The fraction of sp³-hybridized carbons (Fsp3) is 0.581. The van der Waals surface area contributed by atoms with E-state index in [9.17, 15) is 19.5 Å². The first kappa shape index (κ1) is 30.3. The SMILES string of the molecule is C=CCCCCOC(=O)[C@@H]1[C@H]2C(=O)N([C@@H](CC)CO)C(C(=O)N(CC=C)c3ccccc3Cl)C23CC[C@@]1(CC)O3. The Balaban J connectivity index is 1.77. The molecule has 6 atom stereocenters. The lowest BCUT2D eigenvalue weighted by molar-refractivity contribution is -0.162. The molecule has 1 aromatic carbocycles. The van der Waals surface area contributed by atoms with Crippen LogP contribution in [0.3, 0.4) is 0 Å². The molecule has 1 aromatic rings. The second-order valence-corrected chi connectivity index (χ2v) is 11.4. The normalized spacial score (nSPS) is 29.2. The van der Waals surface area contributed by atoms with Crippen molar-refractivity contribution in [1.29, 1.82) is 0 Å². The molecule has 0 aliphatic carbocycles. The van der Waals surface area contributed by atoms with Gasteiger partial charge in [-0.25, -0.2) is 0 Å². The van der Waals surface area contributed by atoms with Gasteiger partial charge in [-0.05, 0) is 57.1 Å². The van der Waals surface area contributed by atoms with E-state index in [1.165, 1.54) is 9.80 Å². The average molecular weight is 573 g/mol. The van der Waals surface area contributed by atoms with E-state index in [4.69, 9.17) is 21.1 Å². The zero-order valence-electron chi connectivity index (χ0n) is 23.5. The molecule has 0 saturated carbocycles. The van der Waals surface area contributed by atoms with Crippen molar-refractivity contribution < 1.29 is 29.0 Å². The summed E-state index contributed by atoms with van der Waals surface area (Å²) in [4.78, 5) is 45.5. The summed E-state index contributed by atoms with van der Waals surface area (Å²) in [5, 5.41) is 10.7. The second-order valence-electron chi connectivity index (χ2n) is 11.0. The number of ether oxygens (including phenoxy) is 2. The number of carbonyl (C=O) groups is 3. The number of para-hydroxylation sites is 1. The second kappa shape index (κ2) is 12.5. The Bertz CT molecular complexity index is 1140. The van der Waals surface area contributed by atoms with Gasteiger partial charge in [-0.1, -0.05) is 49.7 Å². The number of aliphatic hydroxyl groups is 1. The zero-order chi connectivity index (χ0) is 29.1. The lowest BCUT2D eigenvalue weighted by Crippen LogP contribution is -2.59. The van der Waals surface area contributed by atoms with Crippen molar-refractivity contribution in [3.05, 3.63) is 54.6 Å². The molecule has 2 unspecified atom stereocenters. The number of aliphatic hydroxyl groups excluding tert-OH is 1. The van der Waals surface area contributed by atoms with Gasteiger partial charge in [-0.15, -0.1) is 13.2 Å². The number of likely N-dealkylation sites (tertiary alicyclic amines) is 1. The highest BCUT2D eigenvalue weighted by Gasteiger charge is 2.79. The predicted molar refractivity (Wildman–Crippen MR) is 154 cm³/mol. The third kappa shape index (κ3) is 4.88. The number of hydrogen-bond acceptors (Lipinski definition) is 6. The summed E-state index contributed by atoms with van der Waals surface area (Å²) < 4.78 is 12.5. The molecule has 0 aromatic heterocycles. The number of fused-ring (bicyclic) bond motifs is 1. The molecular weight excluding hydrogens is 532 g/mol. The number of benzene rings is 1. The Hall–Kier alpha value is -2.68. The summed E-state index contributed by atoms with van der Waals surface area (Å²) in [6.07, 6.45) is 7.72. The van der Waals surface area contributed by atoms with Crippen molar-refractivity contribution in [2.45, 2.75) is 82.1 Å². The van der Waals surface area contributed by atoms with E-state index in [2.05, 4.69) is 13.2 Å². The number of hydrogen-bond donors (Lipinski definition) is 1. The van der Waals surface area contributed by atoms with E-state index in [0.29, 0.717) is 42.8 Å². The summed E-state index contributed by atoms with van der Waals surface area (Å²) in [6.45, 7) is 11.4. The van der Waals surface area contributed by atoms with Gasteiger partial charge in [-0.2, -0.15) is 0 Å². The minimum Gasteiger partial charge on any atom is -0.465 e. The van der Waals surface area contributed by atoms with Crippen molar-refractivity contribution in [1.82, 2.24) is 4.90 Å². The highest BCUT2D eigenvalue weighted by Crippen LogP contribution is 2.65. The number of esters is 1. The van der Waals surface area contributed by atoms with Gasteiger partial charge < -0.3 is 24.4 Å². The van der Waals surface area contributed by atoms with E-state index in [1.54, 1.807) is 30.3 Å². The predicted octanol–water partition coefficient (Wildman–Crippen LogP) is 4.68. The molecular formula is C31H41ClN2O6. The molecule has 0 radical (unpaired) electrons. The fourth-order valence-electron chi connectivity index (χ4n) is 7.01. The Kier molecular flexibility index (Phi) is 9.43. The van der Waals surface area contributed by atoms with E-state index in [0.717, 1.165) is 12.8 Å². The smallest absolute Gasteiger partial charge is 0.312 e. The molecule has 3 aliphatic heterocycles. The van der Waals surface area contributed by atoms with Gasteiger partial charge >= 0.3 is 5.97 Å². The van der Waals surface area contributed by atoms with Gasteiger partial charge in [0.25, 0.3) is 5.91 Å². The third-order valence-electron chi connectivity index (χ3n) is 8.95. The maximum absolute atomic E-state index is 14.6. The quantitative estimate of drug-likeness (QED) is 0.197. The number of allylic oxidation sites excluding steroid dienone is 1. The van der Waals surface area contributed by atoms with Gasteiger partial charge in [0, 0.05) is 6.54 Å². The maximum atomic E-state index is 14.6. The summed E-state index contributed by atoms with van der Waals surface area (Å²) in [5.74, 6) is -2.89. The Morgan fingerprint density at radius 2 is 2.00 bits per heavy atom. The van der Waals surface area contributed by atoms with Gasteiger partial charge in [-0.3, -0.25) is 14.4 Å². The molecule has 3 heterocycles. The first-order chi connectivity index (χ1) is 19.3. The number of unbranched alkanes of at least 4 members (excludes halogenated alkanes) is 2. The molecule has 4 rings (SSSR count). The van der Waals surface area contributed by atoms with E-state index >= 15 is 0 Å².